The van der Waals surface area contributed by atoms with Crippen LogP contribution in [-0.4, -0.2) is 35.4 Å². The molecule has 23 heavy (non-hydrogen) atoms. The van der Waals surface area contributed by atoms with E-state index in [1.165, 1.54) is 0 Å². The summed E-state index contributed by atoms with van der Waals surface area (Å²) in [6, 6.07) is 3.56. The number of carbonyl (C=O) groups is 1. The quantitative estimate of drug-likeness (QED) is 0.903. The van der Waals surface area contributed by atoms with Crippen molar-refractivity contribution in [3.05, 3.63) is 29.9 Å². The third kappa shape index (κ3) is 4.28. The second-order valence-corrected chi connectivity index (χ2v) is 5.41. The van der Waals surface area contributed by atoms with E-state index in [1.54, 1.807) is 18.4 Å². The molecule has 6 nitrogen and oxygen atoms in total. The van der Waals surface area contributed by atoms with Crippen LogP contribution in [0.5, 0.6) is 0 Å². The maximum absolute atomic E-state index is 12.3. The number of amides is 1. The lowest BCUT2D eigenvalue weighted by Gasteiger charge is -2.15. The highest BCUT2D eigenvalue weighted by Gasteiger charge is 2.26. The fourth-order valence-corrected chi connectivity index (χ4v) is 2.60. The highest BCUT2D eigenvalue weighted by Crippen LogP contribution is 2.23. The number of aryl methyl sites for hydroxylation is 1. The Bertz CT molecular complexity index is 628. The first kappa shape index (κ1) is 19.5. The molecule has 1 fully saturated rings. The molecule has 1 atom stereocenters. The van der Waals surface area contributed by atoms with E-state index in [1.807, 2.05) is 11.8 Å². The van der Waals surface area contributed by atoms with Gasteiger partial charge in [-0.15, -0.1) is 24.8 Å². The van der Waals surface area contributed by atoms with Crippen molar-refractivity contribution in [1.82, 2.24) is 9.88 Å². The van der Waals surface area contributed by atoms with E-state index in [-0.39, 0.29) is 37.1 Å². The lowest BCUT2D eigenvalue weighted by Crippen LogP contribution is -2.31. The van der Waals surface area contributed by atoms with Crippen molar-refractivity contribution in [3.8, 4) is 11.7 Å². The molecule has 3 heterocycles. The molecule has 0 spiro atoms. The van der Waals surface area contributed by atoms with Gasteiger partial charge in [0.05, 0.1) is 18.4 Å². The second-order valence-electron chi connectivity index (χ2n) is 5.41. The molecule has 1 aliphatic heterocycles. The van der Waals surface area contributed by atoms with Crippen molar-refractivity contribution in [3.63, 3.8) is 0 Å². The largest absolute Gasteiger partial charge is 0.459 e. The van der Waals surface area contributed by atoms with Crippen molar-refractivity contribution in [2.75, 3.05) is 19.6 Å². The van der Waals surface area contributed by atoms with E-state index in [4.69, 9.17) is 14.6 Å². The SMILES string of the molecule is Cc1oc(-c2ccco2)nc1CC(=O)N1CCC(CN)C1.Cl.Cl. The second kappa shape index (κ2) is 8.38. The lowest BCUT2D eigenvalue weighted by molar-refractivity contribution is -0.129. The number of halogens is 2. The summed E-state index contributed by atoms with van der Waals surface area (Å²) >= 11 is 0. The van der Waals surface area contributed by atoms with E-state index in [0.29, 0.717) is 35.6 Å². The molecule has 2 aromatic heterocycles. The zero-order chi connectivity index (χ0) is 14.8. The molecule has 0 saturated carbocycles. The Kier molecular flexibility index (Phi) is 7.12. The number of likely N-dealkylation sites (tertiary alicyclic amines) is 1. The number of oxazole rings is 1. The topological polar surface area (TPSA) is 85.5 Å². The predicted octanol–water partition coefficient (Wildman–Crippen LogP) is 2.44. The van der Waals surface area contributed by atoms with Gasteiger partial charge in [0.1, 0.15) is 5.76 Å². The summed E-state index contributed by atoms with van der Waals surface area (Å²) in [5, 5.41) is 0. The normalized spacial score (nSPS) is 16.8. The van der Waals surface area contributed by atoms with Gasteiger partial charge in [0.25, 0.3) is 5.89 Å². The van der Waals surface area contributed by atoms with Crippen molar-refractivity contribution in [1.29, 1.82) is 0 Å². The van der Waals surface area contributed by atoms with E-state index in [9.17, 15) is 4.79 Å². The molecule has 128 valence electrons. The van der Waals surface area contributed by atoms with Gasteiger partial charge < -0.3 is 19.5 Å². The highest BCUT2D eigenvalue weighted by molar-refractivity contribution is 5.85. The van der Waals surface area contributed by atoms with Crippen molar-refractivity contribution in [2.45, 2.75) is 19.8 Å². The summed E-state index contributed by atoms with van der Waals surface area (Å²) in [7, 11) is 0. The minimum Gasteiger partial charge on any atom is -0.459 e. The fraction of sp³-hybridized carbons (Fsp3) is 0.467. The molecule has 0 aliphatic carbocycles. The summed E-state index contributed by atoms with van der Waals surface area (Å²) in [5.74, 6) is 2.14. The Balaban J connectivity index is 0.00000132. The van der Waals surface area contributed by atoms with Crippen LogP contribution in [-0.2, 0) is 11.2 Å². The minimum atomic E-state index is 0. The zero-order valence-electron chi connectivity index (χ0n) is 12.9. The molecule has 1 amide bonds. The fourth-order valence-electron chi connectivity index (χ4n) is 2.60. The van der Waals surface area contributed by atoms with Crippen LogP contribution in [0, 0.1) is 12.8 Å². The van der Waals surface area contributed by atoms with Gasteiger partial charge in [0, 0.05) is 13.1 Å². The summed E-state index contributed by atoms with van der Waals surface area (Å²) < 4.78 is 10.8. The molecule has 1 unspecified atom stereocenters. The number of hydrogen-bond acceptors (Lipinski definition) is 5. The Morgan fingerprint density at radius 2 is 2.26 bits per heavy atom. The van der Waals surface area contributed by atoms with Crippen LogP contribution in [0.15, 0.2) is 27.2 Å². The Hall–Kier alpha value is -1.50. The molecule has 2 N–H and O–H groups in total. The van der Waals surface area contributed by atoms with Crippen molar-refractivity contribution in [2.24, 2.45) is 11.7 Å². The number of nitrogens with zero attached hydrogens (tertiary/aromatic N) is 2. The van der Waals surface area contributed by atoms with Gasteiger partial charge >= 0.3 is 0 Å². The molecule has 0 radical (unpaired) electrons. The van der Waals surface area contributed by atoms with Crippen LogP contribution in [0.3, 0.4) is 0 Å². The first-order valence-electron chi connectivity index (χ1n) is 7.15. The summed E-state index contributed by atoms with van der Waals surface area (Å²) in [5.41, 5.74) is 6.32. The molecule has 3 rings (SSSR count). The van der Waals surface area contributed by atoms with E-state index < -0.39 is 0 Å². The minimum absolute atomic E-state index is 0. The molecule has 0 aromatic carbocycles. The lowest BCUT2D eigenvalue weighted by atomic mass is 10.1. The van der Waals surface area contributed by atoms with Crippen LogP contribution in [0.1, 0.15) is 17.9 Å². The number of rotatable bonds is 4. The monoisotopic (exact) mass is 361 g/mol. The first-order valence-corrected chi connectivity index (χ1v) is 7.15. The van der Waals surface area contributed by atoms with Crippen molar-refractivity contribution >= 4 is 30.7 Å². The van der Waals surface area contributed by atoms with E-state index in [0.717, 1.165) is 19.5 Å². The Morgan fingerprint density at radius 3 is 2.87 bits per heavy atom. The molecular formula is C15H21Cl2N3O3. The summed E-state index contributed by atoms with van der Waals surface area (Å²) in [4.78, 5) is 18.5. The maximum Gasteiger partial charge on any atom is 0.263 e. The van der Waals surface area contributed by atoms with Crippen molar-refractivity contribution < 1.29 is 13.6 Å². The van der Waals surface area contributed by atoms with Crippen LogP contribution >= 0.6 is 24.8 Å². The standard InChI is InChI=1S/C15H19N3O3.2ClH/c1-10-12(17-15(21-10)13-3-2-6-20-13)7-14(19)18-5-4-11(8-16)9-18;;/h2-3,6,11H,4-5,7-9,16H2,1H3;2*1H. The average molecular weight is 362 g/mol. The molecule has 1 saturated heterocycles. The number of nitrogens with two attached hydrogens (primary N) is 1. The van der Waals surface area contributed by atoms with Crippen LogP contribution < -0.4 is 5.73 Å². The Morgan fingerprint density at radius 1 is 1.48 bits per heavy atom. The number of hydrogen-bond donors (Lipinski definition) is 1. The molecule has 0 bridgehead atoms. The highest BCUT2D eigenvalue weighted by atomic mass is 35.5. The van der Waals surface area contributed by atoms with Gasteiger partial charge in [-0.2, -0.15) is 0 Å². The van der Waals surface area contributed by atoms with Gasteiger partial charge in [-0.05, 0) is 37.9 Å². The maximum atomic E-state index is 12.3. The van der Waals surface area contributed by atoms with Crippen LogP contribution in [0.4, 0.5) is 0 Å². The smallest absolute Gasteiger partial charge is 0.263 e. The molecule has 8 heteroatoms. The first-order chi connectivity index (χ1) is 10.2. The van der Waals surface area contributed by atoms with Gasteiger partial charge in [-0.1, -0.05) is 0 Å². The van der Waals surface area contributed by atoms with Gasteiger partial charge in [-0.3, -0.25) is 4.79 Å². The van der Waals surface area contributed by atoms with Crippen LogP contribution in [0.25, 0.3) is 11.7 Å². The number of furan rings is 1. The third-order valence-electron chi connectivity index (χ3n) is 3.92. The molecule has 1 aliphatic rings. The Labute approximate surface area is 147 Å². The molecular weight excluding hydrogens is 341 g/mol. The third-order valence-corrected chi connectivity index (χ3v) is 3.92. The average Bonchev–Trinajstić information content (AvgIpc) is 3.18. The zero-order valence-corrected chi connectivity index (χ0v) is 14.5. The number of carbonyl (C=O) groups excluding carboxylic acids is 1. The summed E-state index contributed by atoms with van der Waals surface area (Å²) in [6.45, 7) is 3.98. The predicted molar refractivity (Wildman–Crippen MR) is 90.9 cm³/mol. The summed E-state index contributed by atoms with van der Waals surface area (Å²) in [6.07, 6.45) is 2.81. The molecule has 2 aromatic rings. The van der Waals surface area contributed by atoms with Gasteiger partial charge in [0.15, 0.2) is 5.76 Å². The van der Waals surface area contributed by atoms with E-state index in [2.05, 4.69) is 4.98 Å². The van der Waals surface area contributed by atoms with Gasteiger partial charge in [0.2, 0.25) is 5.91 Å². The van der Waals surface area contributed by atoms with E-state index >= 15 is 0 Å². The van der Waals surface area contributed by atoms with Gasteiger partial charge in [-0.25, -0.2) is 4.98 Å². The number of aromatic nitrogens is 1. The van der Waals surface area contributed by atoms with Crippen LogP contribution in [0.2, 0.25) is 0 Å².